The number of hydrogen-bond acceptors (Lipinski definition) is 5. The number of benzene rings is 1. The number of likely N-dealkylation sites (N-methyl/N-ethyl adjacent to an activating group) is 1. The zero-order valence-corrected chi connectivity index (χ0v) is 14.7. The Morgan fingerprint density at radius 3 is 2.87 bits per heavy atom. The molecule has 0 aliphatic heterocycles. The summed E-state index contributed by atoms with van der Waals surface area (Å²) in [5.74, 6) is -0.0213. The molecule has 3 aromatic rings. The molecular weight excluding hydrogens is 328 g/mol. The lowest BCUT2D eigenvalue weighted by Crippen LogP contribution is -2.32. The average molecular weight is 346 g/mol. The maximum absolute atomic E-state index is 12.2. The van der Waals surface area contributed by atoms with Gasteiger partial charge in [0.15, 0.2) is 0 Å². The van der Waals surface area contributed by atoms with Gasteiger partial charge in [-0.1, -0.05) is 18.2 Å². The number of fused-ring (bicyclic) bond motifs is 1. The fourth-order valence-electron chi connectivity index (χ4n) is 2.24. The van der Waals surface area contributed by atoms with E-state index in [0.717, 1.165) is 15.2 Å². The van der Waals surface area contributed by atoms with E-state index in [1.165, 1.54) is 4.88 Å². The first-order chi connectivity index (χ1) is 11.1. The molecule has 1 atom stereocenters. The van der Waals surface area contributed by atoms with Gasteiger partial charge in [0.25, 0.3) is 0 Å². The van der Waals surface area contributed by atoms with Crippen LogP contribution in [0.3, 0.4) is 0 Å². The maximum Gasteiger partial charge on any atom is 0.248 e. The molecular formula is C17H18N2O2S2. The number of hydrogen-bond donors (Lipinski definition) is 0. The van der Waals surface area contributed by atoms with Crippen LogP contribution in [0.4, 0.5) is 0 Å². The van der Waals surface area contributed by atoms with Crippen LogP contribution in [0.1, 0.15) is 22.9 Å². The highest BCUT2D eigenvalue weighted by molar-refractivity contribution is 7.18. The third-order valence-corrected chi connectivity index (χ3v) is 5.77. The van der Waals surface area contributed by atoms with Crippen LogP contribution in [-0.2, 0) is 16.1 Å². The van der Waals surface area contributed by atoms with Gasteiger partial charge in [0.05, 0.1) is 22.9 Å². The minimum absolute atomic E-state index is 0.0213. The molecule has 0 radical (unpaired) electrons. The van der Waals surface area contributed by atoms with E-state index in [1.54, 1.807) is 27.6 Å². The van der Waals surface area contributed by atoms with Gasteiger partial charge in [-0.25, -0.2) is 4.98 Å². The highest BCUT2D eigenvalue weighted by atomic mass is 32.1. The summed E-state index contributed by atoms with van der Waals surface area (Å²) in [6.45, 7) is 2.46. The van der Waals surface area contributed by atoms with Crippen LogP contribution in [0.2, 0.25) is 0 Å². The van der Waals surface area contributed by atoms with Crippen molar-refractivity contribution in [3.63, 3.8) is 0 Å². The Labute approximate surface area is 143 Å². The van der Waals surface area contributed by atoms with Crippen LogP contribution in [0.25, 0.3) is 10.2 Å². The number of carbonyl (C=O) groups excluding carboxylic acids is 1. The first-order valence-corrected chi connectivity index (χ1v) is 9.06. The molecule has 4 nitrogen and oxygen atoms in total. The highest BCUT2D eigenvalue weighted by Crippen LogP contribution is 2.24. The van der Waals surface area contributed by atoms with Crippen molar-refractivity contribution in [2.24, 2.45) is 0 Å². The van der Waals surface area contributed by atoms with Gasteiger partial charge in [-0.3, -0.25) is 4.79 Å². The quantitative estimate of drug-likeness (QED) is 0.675. The number of thiophene rings is 1. The van der Waals surface area contributed by atoms with E-state index >= 15 is 0 Å². The van der Waals surface area contributed by atoms with Gasteiger partial charge in [-0.2, -0.15) is 0 Å². The summed E-state index contributed by atoms with van der Waals surface area (Å²) >= 11 is 3.26. The van der Waals surface area contributed by atoms with Crippen LogP contribution >= 0.6 is 22.7 Å². The summed E-state index contributed by atoms with van der Waals surface area (Å²) in [6, 6.07) is 12.1. The summed E-state index contributed by atoms with van der Waals surface area (Å²) < 4.78 is 6.70. The van der Waals surface area contributed by atoms with Gasteiger partial charge < -0.3 is 9.64 Å². The van der Waals surface area contributed by atoms with E-state index in [1.807, 2.05) is 55.7 Å². The van der Waals surface area contributed by atoms with Crippen molar-refractivity contribution >= 4 is 38.8 Å². The van der Waals surface area contributed by atoms with E-state index in [9.17, 15) is 4.79 Å². The number of carbonyl (C=O) groups is 1. The lowest BCUT2D eigenvalue weighted by molar-refractivity contribution is -0.137. The number of ether oxygens (including phenoxy) is 1. The Bertz CT molecular complexity index is 750. The second-order valence-electron chi connectivity index (χ2n) is 5.26. The van der Waals surface area contributed by atoms with Crippen molar-refractivity contribution in [2.45, 2.75) is 19.6 Å². The molecule has 1 amide bonds. The fourth-order valence-corrected chi connectivity index (χ4v) is 3.98. The second kappa shape index (κ2) is 7.21. The number of rotatable bonds is 6. The number of aromatic nitrogens is 1. The van der Waals surface area contributed by atoms with Gasteiger partial charge in [0.1, 0.15) is 11.6 Å². The zero-order valence-electron chi connectivity index (χ0n) is 13.1. The summed E-state index contributed by atoms with van der Waals surface area (Å²) in [5.41, 5.74) is 0.978. The van der Waals surface area contributed by atoms with E-state index in [-0.39, 0.29) is 18.6 Å². The molecule has 0 N–H and O–H groups in total. The standard InChI is InChI=1S/C17H18N2O2S2/c1-12(14-8-5-9-22-14)19(2)17(20)11-21-10-16-18-13-6-3-4-7-15(13)23-16/h3-9,12H,10-11H2,1-2H3. The minimum Gasteiger partial charge on any atom is -0.364 e. The van der Waals surface area contributed by atoms with Crippen molar-refractivity contribution in [1.29, 1.82) is 0 Å². The Morgan fingerprint density at radius 1 is 1.30 bits per heavy atom. The molecule has 3 rings (SSSR count). The monoisotopic (exact) mass is 346 g/mol. The molecule has 0 fully saturated rings. The Balaban J connectivity index is 1.52. The van der Waals surface area contributed by atoms with Gasteiger partial charge in [0, 0.05) is 11.9 Å². The summed E-state index contributed by atoms with van der Waals surface area (Å²) in [6.07, 6.45) is 0. The largest absolute Gasteiger partial charge is 0.364 e. The second-order valence-corrected chi connectivity index (χ2v) is 7.36. The van der Waals surface area contributed by atoms with Crippen LogP contribution < -0.4 is 0 Å². The molecule has 0 saturated heterocycles. The molecule has 0 spiro atoms. The lowest BCUT2D eigenvalue weighted by atomic mass is 10.2. The van der Waals surface area contributed by atoms with Crippen LogP contribution in [-0.4, -0.2) is 29.4 Å². The molecule has 2 heterocycles. The molecule has 0 bridgehead atoms. The van der Waals surface area contributed by atoms with Crippen molar-refractivity contribution in [1.82, 2.24) is 9.88 Å². The van der Waals surface area contributed by atoms with Crippen LogP contribution in [0.15, 0.2) is 41.8 Å². The molecule has 0 saturated carbocycles. The minimum atomic E-state index is -0.0213. The van der Waals surface area contributed by atoms with E-state index in [4.69, 9.17) is 4.74 Å². The molecule has 1 aromatic carbocycles. The SMILES string of the molecule is CC(c1cccs1)N(C)C(=O)COCc1nc2ccccc2s1. The molecule has 23 heavy (non-hydrogen) atoms. The van der Waals surface area contributed by atoms with E-state index < -0.39 is 0 Å². The van der Waals surface area contributed by atoms with Gasteiger partial charge in [-0.15, -0.1) is 22.7 Å². The normalized spacial score (nSPS) is 12.4. The topological polar surface area (TPSA) is 42.4 Å². The van der Waals surface area contributed by atoms with Crippen molar-refractivity contribution in [2.75, 3.05) is 13.7 Å². The predicted octanol–water partition coefficient (Wildman–Crippen LogP) is 4.09. The van der Waals surface area contributed by atoms with Gasteiger partial charge >= 0.3 is 0 Å². The van der Waals surface area contributed by atoms with Crippen LogP contribution in [0, 0.1) is 0 Å². The third kappa shape index (κ3) is 3.77. The highest BCUT2D eigenvalue weighted by Gasteiger charge is 2.18. The van der Waals surface area contributed by atoms with E-state index in [0.29, 0.717) is 6.61 Å². The van der Waals surface area contributed by atoms with Crippen LogP contribution in [0.5, 0.6) is 0 Å². The average Bonchev–Trinajstić information content (AvgIpc) is 3.22. The smallest absolute Gasteiger partial charge is 0.248 e. The molecule has 1 unspecified atom stereocenters. The summed E-state index contributed by atoms with van der Waals surface area (Å²) in [4.78, 5) is 19.6. The Morgan fingerprint density at radius 2 is 2.13 bits per heavy atom. The predicted molar refractivity (Wildman–Crippen MR) is 94.8 cm³/mol. The van der Waals surface area contributed by atoms with Gasteiger partial charge in [0.2, 0.25) is 5.91 Å². The number of nitrogens with zero attached hydrogens (tertiary/aromatic N) is 2. The fraction of sp³-hybridized carbons (Fsp3) is 0.294. The van der Waals surface area contributed by atoms with Crippen molar-refractivity contribution in [3.8, 4) is 0 Å². The lowest BCUT2D eigenvalue weighted by Gasteiger charge is -2.23. The Kier molecular flexibility index (Phi) is 5.05. The van der Waals surface area contributed by atoms with Gasteiger partial charge in [-0.05, 0) is 30.5 Å². The zero-order chi connectivity index (χ0) is 16.2. The van der Waals surface area contributed by atoms with Crippen molar-refractivity contribution < 1.29 is 9.53 Å². The summed E-state index contributed by atoms with van der Waals surface area (Å²) in [7, 11) is 1.81. The molecule has 2 aromatic heterocycles. The number of amides is 1. The first-order valence-electron chi connectivity index (χ1n) is 7.36. The molecule has 6 heteroatoms. The first kappa shape index (κ1) is 16.1. The number of para-hydroxylation sites is 1. The summed E-state index contributed by atoms with van der Waals surface area (Å²) in [5, 5.41) is 2.92. The maximum atomic E-state index is 12.2. The Hall–Kier alpha value is -1.76. The van der Waals surface area contributed by atoms with E-state index in [2.05, 4.69) is 4.98 Å². The third-order valence-electron chi connectivity index (χ3n) is 3.72. The molecule has 0 aliphatic rings. The molecule has 120 valence electrons. The number of thiazole rings is 1. The van der Waals surface area contributed by atoms with Crippen molar-refractivity contribution in [3.05, 3.63) is 51.7 Å². The molecule has 0 aliphatic carbocycles.